The summed E-state index contributed by atoms with van der Waals surface area (Å²) in [6, 6.07) is 12.9. The van der Waals surface area contributed by atoms with E-state index >= 15 is 0 Å². The minimum absolute atomic E-state index is 0.163. The number of aromatic nitrogens is 2. The zero-order valence-electron chi connectivity index (χ0n) is 15.4. The van der Waals surface area contributed by atoms with Crippen molar-refractivity contribution in [2.24, 2.45) is 0 Å². The molecule has 0 aliphatic carbocycles. The van der Waals surface area contributed by atoms with Gasteiger partial charge in [-0.05, 0) is 37.1 Å². The van der Waals surface area contributed by atoms with Crippen molar-refractivity contribution >= 4 is 23.0 Å². The highest BCUT2D eigenvalue weighted by atomic mass is 16.5. The van der Waals surface area contributed by atoms with Crippen LogP contribution in [0.15, 0.2) is 48.7 Å². The first-order valence-electron chi connectivity index (χ1n) is 8.73. The van der Waals surface area contributed by atoms with Gasteiger partial charge in [0.15, 0.2) is 5.69 Å². The molecule has 0 spiro atoms. The largest absolute Gasteiger partial charge is 0.385 e. The molecule has 7 heteroatoms. The number of para-hydroxylation sites is 1. The standard InChI is InChI=1S/C20H22N4O3/c1-14-8-3-4-9-15(14)22-20(26)18-23-17(16-10-5-6-12-24(16)18)19(25)21-11-7-13-27-2/h3-6,8-10,12H,7,11,13H2,1-2H3,(H,21,25)(H,22,26). The number of hydrogen-bond donors (Lipinski definition) is 2. The number of imidazole rings is 1. The van der Waals surface area contributed by atoms with Gasteiger partial charge in [-0.3, -0.25) is 14.0 Å². The number of hydrogen-bond acceptors (Lipinski definition) is 4. The highest BCUT2D eigenvalue weighted by molar-refractivity contribution is 6.06. The molecular weight excluding hydrogens is 344 g/mol. The molecule has 0 saturated heterocycles. The quantitative estimate of drug-likeness (QED) is 0.630. The minimum atomic E-state index is -0.371. The average Bonchev–Trinajstić information content (AvgIpc) is 3.07. The number of rotatable bonds is 7. The fraction of sp³-hybridized carbons (Fsp3) is 0.250. The first-order valence-corrected chi connectivity index (χ1v) is 8.73. The fourth-order valence-electron chi connectivity index (χ4n) is 2.76. The van der Waals surface area contributed by atoms with E-state index in [-0.39, 0.29) is 23.3 Å². The smallest absolute Gasteiger partial charge is 0.292 e. The van der Waals surface area contributed by atoms with Crippen LogP contribution in [-0.2, 0) is 4.74 Å². The zero-order chi connectivity index (χ0) is 19.2. The lowest BCUT2D eigenvalue weighted by molar-refractivity contribution is 0.0946. The molecule has 140 valence electrons. The molecule has 0 bridgehead atoms. The summed E-state index contributed by atoms with van der Waals surface area (Å²) in [7, 11) is 1.62. The molecule has 7 nitrogen and oxygen atoms in total. The lowest BCUT2D eigenvalue weighted by Crippen LogP contribution is -2.26. The number of pyridine rings is 1. The van der Waals surface area contributed by atoms with Crippen LogP contribution in [0.2, 0.25) is 0 Å². The van der Waals surface area contributed by atoms with Gasteiger partial charge >= 0.3 is 0 Å². The van der Waals surface area contributed by atoms with E-state index in [9.17, 15) is 9.59 Å². The van der Waals surface area contributed by atoms with Crippen molar-refractivity contribution in [3.63, 3.8) is 0 Å². The Labute approximate surface area is 157 Å². The number of ether oxygens (including phenoxy) is 1. The number of carbonyl (C=O) groups is 2. The Bertz CT molecular complexity index is 965. The van der Waals surface area contributed by atoms with Crippen LogP contribution in [-0.4, -0.2) is 41.5 Å². The third kappa shape index (κ3) is 4.15. The van der Waals surface area contributed by atoms with Crippen LogP contribution in [0.1, 0.15) is 33.1 Å². The molecular formula is C20H22N4O3. The summed E-state index contributed by atoms with van der Waals surface area (Å²) in [5.41, 5.74) is 2.46. The van der Waals surface area contributed by atoms with Crippen molar-refractivity contribution in [3.8, 4) is 0 Å². The van der Waals surface area contributed by atoms with E-state index in [1.807, 2.05) is 37.3 Å². The second-order valence-corrected chi connectivity index (χ2v) is 6.11. The molecule has 2 amide bonds. The van der Waals surface area contributed by atoms with E-state index in [4.69, 9.17) is 4.74 Å². The first-order chi connectivity index (χ1) is 13.1. The normalized spacial score (nSPS) is 10.7. The van der Waals surface area contributed by atoms with Crippen LogP contribution >= 0.6 is 0 Å². The summed E-state index contributed by atoms with van der Waals surface area (Å²) in [5.74, 6) is -0.524. The van der Waals surface area contributed by atoms with Crippen LogP contribution < -0.4 is 10.6 Å². The molecule has 0 unspecified atom stereocenters. The Morgan fingerprint density at radius 2 is 1.89 bits per heavy atom. The lowest BCUT2D eigenvalue weighted by Gasteiger charge is -2.07. The number of methoxy groups -OCH3 is 1. The number of anilines is 1. The Morgan fingerprint density at radius 3 is 2.67 bits per heavy atom. The maximum absolute atomic E-state index is 12.8. The van der Waals surface area contributed by atoms with Gasteiger partial charge < -0.3 is 15.4 Å². The molecule has 0 fully saturated rings. The van der Waals surface area contributed by atoms with Crippen molar-refractivity contribution in [1.29, 1.82) is 0 Å². The van der Waals surface area contributed by atoms with Gasteiger partial charge in [0, 0.05) is 32.1 Å². The number of carbonyl (C=O) groups excluding carboxylic acids is 2. The van der Waals surface area contributed by atoms with E-state index < -0.39 is 0 Å². The van der Waals surface area contributed by atoms with Gasteiger partial charge in [-0.1, -0.05) is 24.3 Å². The Morgan fingerprint density at radius 1 is 1.11 bits per heavy atom. The van der Waals surface area contributed by atoms with Crippen LogP contribution in [0.25, 0.3) is 5.52 Å². The monoisotopic (exact) mass is 366 g/mol. The third-order valence-electron chi connectivity index (χ3n) is 4.17. The number of fused-ring (bicyclic) bond motifs is 1. The second-order valence-electron chi connectivity index (χ2n) is 6.11. The van der Waals surface area contributed by atoms with Crippen molar-refractivity contribution < 1.29 is 14.3 Å². The molecule has 3 rings (SSSR count). The van der Waals surface area contributed by atoms with E-state index in [0.29, 0.717) is 30.8 Å². The Balaban J connectivity index is 1.87. The molecule has 0 atom stereocenters. The van der Waals surface area contributed by atoms with Crippen LogP contribution in [0, 0.1) is 6.92 Å². The summed E-state index contributed by atoms with van der Waals surface area (Å²) in [5, 5.41) is 5.67. The molecule has 3 aromatic rings. The van der Waals surface area contributed by atoms with Gasteiger partial charge in [0.2, 0.25) is 5.82 Å². The van der Waals surface area contributed by atoms with E-state index in [1.54, 1.807) is 29.8 Å². The van der Waals surface area contributed by atoms with Crippen molar-refractivity contribution in [2.75, 3.05) is 25.6 Å². The highest BCUT2D eigenvalue weighted by Crippen LogP contribution is 2.17. The van der Waals surface area contributed by atoms with Crippen LogP contribution in [0.5, 0.6) is 0 Å². The van der Waals surface area contributed by atoms with Gasteiger partial charge in [-0.15, -0.1) is 0 Å². The van der Waals surface area contributed by atoms with Crippen molar-refractivity contribution in [2.45, 2.75) is 13.3 Å². The average molecular weight is 366 g/mol. The molecule has 2 aromatic heterocycles. The van der Waals surface area contributed by atoms with Gasteiger partial charge in [-0.25, -0.2) is 4.98 Å². The third-order valence-corrected chi connectivity index (χ3v) is 4.17. The summed E-state index contributed by atoms with van der Waals surface area (Å²) in [6.07, 6.45) is 2.42. The number of aryl methyl sites for hydroxylation is 1. The predicted octanol–water partition coefficient (Wildman–Crippen LogP) is 2.66. The fourth-order valence-corrected chi connectivity index (χ4v) is 2.76. The summed E-state index contributed by atoms with van der Waals surface area (Å²) >= 11 is 0. The summed E-state index contributed by atoms with van der Waals surface area (Å²) in [4.78, 5) is 29.6. The predicted molar refractivity (Wildman–Crippen MR) is 103 cm³/mol. The molecule has 2 N–H and O–H groups in total. The highest BCUT2D eigenvalue weighted by Gasteiger charge is 2.21. The zero-order valence-corrected chi connectivity index (χ0v) is 15.4. The maximum atomic E-state index is 12.8. The first kappa shape index (κ1) is 18.6. The van der Waals surface area contributed by atoms with Gasteiger partial charge in [0.05, 0.1) is 5.52 Å². The SMILES string of the molecule is COCCCNC(=O)c1nc(C(=O)Nc2ccccc2C)n2ccccc12. The number of nitrogens with zero attached hydrogens (tertiary/aromatic N) is 2. The number of benzene rings is 1. The van der Waals surface area contributed by atoms with E-state index in [0.717, 1.165) is 5.56 Å². The molecule has 27 heavy (non-hydrogen) atoms. The molecule has 0 aliphatic heterocycles. The van der Waals surface area contributed by atoms with Crippen LogP contribution in [0.3, 0.4) is 0 Å². The number of nitrogens with one attached hydrogen (secondary N) is 2. The van der Waals surface area contributed by atoms with Gasteiger partial charge in [-0.2, -0.15) is 0 Å². The molecule has 0 radical (unpaired) electrons. The lowest BCUT2D eigenvalue weighted by atomic mass is 10.2. The van der Waals surface area contributed by atoms with Gasteiger partial charge in [0.25, 0.3) is 11.8 Å². The van der Waals surface area contributed by atoms with Gasteiger partial charge in [0.1, 0.15) is 0 Å². The minimum Gasteiger partial charge on any atom is -0.385 e. The Kier molecular flexibility index (Phi) is 5.83. The summed E-state index contributed by atoms with van der Waals surface area (Å²) < 4.78 is 6.60. The number of amides is 2. The van der Waals surface area contributed by atoms with Crippen LogP contribution in [0.4, 0.5) is 5.69 Å². The Hall–Kier alpha value is -3.19. The van der Waals surface area contributed by atoms with Crippen molar-refractivity contribution in [3.05, 3.63) is 65.7 Å². The second kappa shape index (κ2) is 8.46. The van der Waals surface area contributed by atoms with E-state index in [1.165, 1.54) is 0 Å². The maximum Gasteiger partial charge on any atom is 0.292 e. The molecule has 2 heterocycles. The molecule has 0 saturated carbocycles. The van der Waals surface area contributed by atoms with E-state index in [2.05, 4.69) is 15.6 Å². The topological polar surface area (TPSA) is 84.7 Å². The molecule has 0 aliphatic rings. The summed E-state index contributed by atoms with van der Waals surface area (Å²) in [6.45, 7) is 2.95. The molecule has 1 aromatic carbocycles. The van der Waals surface area contributed by atoms with Crippen molar-refractivity contribution in [1.82, 2.24) is 14.7 Å².